The van der Waals surface area contributed by atoms with Crippen LogP contribution in [0.3, 0.4) is 0 Å². The highest BCUT2D eigenvalue weighted by molar-refractivity contribution is 5.75. The molecule has 2 unspecified atom stereocenters. The van der Waals surface area contributed by atoms with Crippen molar-refractivity contribution in [3.63, 3.8) is 0 Å². The van der Waals surface area contributed by atoms with E-state index in [9.17, 15) is 4.79 Å². The lowest BCUT2D eigenvalue weighted by Gasteiger charge is -2.22. The number of rotatable bonds is 8. The molecule has 1 rings (SSSR count). The van der Waals surface area contributed by atoms with Crippen molar-refractivity contribution < 1.29 is 4.79 Å². The normalized spacial score (nSPS) is 21.6. The standard InChI is InChI=1S/C15H31N3O/c1-4-13(7-9-16)5-6-15(19)18(3)12-14-8-10-17(2)11-14/h13-14H,4-12,16H2,1-3H3. The second kappa shape index (κ2) is 8.54. The average Bonchev–Trinajstić information content (AvgIpc) is 2.79. The van der Waals surface area contributed by atoms with E-state index in [-0.39, 0.29) is 0 Å². The molecule has 1 heterocycles. The molecule has 1 aliphatic rings. The summed E-state index contributed by atoms with van der Waals surface area (Å²) in [6, 6.07) is 0. The summed E-state index contributed by atoms with van der Waals surface area (Å²) in [7, 11) is 4.10. The molecule has 0 aromatic heterocycles. The molecule has 2 N–H and O–H groups in total. The van der Waals surface area contributed by atoms with Crippen molar-refractivity contribution in [2.45, 2.75) is 39.0 Å². The topological polar surface area (TPSA) is 49.6 Å². The summed E-state index contributed by atoms with van der Waals surface area (Å²) in [5.74, 6) is 1.56. The molecular formula is C15H31N3O. The fourth-order valence-corrected chi connectivity index (χ4v) is 2.97. The third-order valence-electron chi connectivity index (χ3n) is 4.37. The van der Waals surface area contributed by atoms with Crippen molar-refractivity contribution in [3.05, 3.63) is 0 Å². The van der Waals surface area contributed by atoms with Crippen LogP contribution in [-0.2, 0) is 4.79 Å². The highest BCUT2D eigenvalue weighted by Crippen LogP contribution is 2.18. The first-order valence-electron chi connectivity index (χ1n) is 7.69. The molecule has 1 aliphatic heterocycles. The number of carbonyl (C=O) groups is 1. The first kappa shape index (κ1) is 16.4. The van der Waals surface area contributed by atoms with Gasteiger partial charge in [-0.1, -0.05) is 13.3 Å². The second-order valence-electron chi connectivity index (χ2n) is 6.08. The molecule has 0 saturated carbocycles. The van der Waals surface area contributed by atoms with E-state index < -0.39 is 0 Å². The van der Waals surface area contributed by atoms with Crippen molar-refractivity contribution in [2.24, 2.45) is 17.6 Å². The van der Waals surface area contributed by atoms with Gasteiger partial charge in [-0.05, 0) is 51.2 Å². The Bertz CT molecular complexity index is 270. The van der Waals surface area contributed by atoms with Crippen molar-refractivity contribution >= 4 is 5.91 Å². The van der Waals surface area contributed by atoms with Gasteiger partial charge in [-0.3, -0.25) is 4.79 Å². The molecule has 4 heteroatoms. The van der Waals surface area contributed by atoms with E-state index in [1.165, 1.54) is 13.0 Å². The van der Waals surface area contributed by atoms with Gasteiger partial charge >= 0.3 is 0 Å². The van der Waals surface area contributed by atoms with Crippen LogP contribution in [-0.4, -0.2) is 56.0 Å². The van der Waals surface area contributed by atoms with Gasteiger partial charge in [0, 0.05) is 26.6 Å². The van der Waals surface area contributed by atoms with Gasteiger partial charge in [-0.2, -0.15) is 0 Å². The molecule has 0 spiro atoms. The number of hydrogen-bond donors (Lipinski definition) is 1. The molecule has 0 aromatic carbocycles. The Balaban J connectivity index is 2.24. The van der Waals surface area contributed by atoms with Crippen LogP contribution in [0.15, 0.2) is 0 Å². The molecule has 19 heavy (non-hydrogen) atoms. The first-order valence-corrected chi connectivity index (χ1v) is 7.69. The number of hydrogen-bond acceptors (Lipinski definition) is 3. The summed E-state index contributed by atoms with van der Waals surface area (Å²) in [5, 5.41) is 0. The molecule has 0 aromatic rings. The Hall–Kier alpha value is -0.610. The Labute approximate surface area is 118 Å². The predicted molar refractivity (Wildman–Crippen MR) is 79.9 cm³/mol. The molecule has 4 nitrogen and oxygen atoms in total. The van der Waals surface area contributed by atoms with Gasteiger partial charge in [0.25, 0.3) is 0 Å². The second-order valence-corrected chi connectivity index (χ2v) is 6.08. The fourth-order valence-electron chi connectivity index (χ4n) is 2.97. The fraction of sp³-hybridized carbons (Fsp3) is 0.933. The van der Waals surface area contributed by atoms with Crippen molar-refractivity contribution in [3.8, 4) is 0 Å². The minimum Gasteiger partial charge on any atom is -0.345 e. The zero-order valence-electron chi connectivity index (χ0n) is 12.9. The van der Waals surface area contributed by atoms with Crippen LogP contribution in [0.2, 0.25) is 0 Å². The van der Waals surface area contributed by atoms with Crippen molar-refractivity contribution in [2.75, 3.05) is 40.3 Å². The molecule has 2 atom stereocenters. The molecule has 1 amide bonds. The predicted octanol–water partition coefficient (Wildman–Crippen LogP) is 1.55. The van der Waals surface area contributed by atoms with E-state index in [1.807, 2.05) is 11.9 Å². The summed E-state index contributed by atoms with van der Waals surface area (Å²) in [4.78, 5) is 16.4. The molecule has 0 aliphatic carbocycles. The summed E-state index contributed by atoms with van der Waals surface area (Å²) in [6.45, 7) is 6.13. The Morgan fingerprint density at radius 3 is 2.74 bits per heavy atom. The van der Waals surface area contributed by atoms with Crippen molar-refractivity contribution in [1.29, 1.82) is 0 Å². The Kier molecular flexibility index (Phi) is 7.39. The van der Waals surface area contributed by atoms with Gasteiger partial charge in [0.1, 0.15) is 0 Å². The largest absolute Gasteiger partial charge is 0.345 e. The van der Waals surface area contributed by atoms with Gasteiger partial charge in [-0.15, -0.1) is 0 Å². The van der Waals surface area contributed by atoms with Crippen LogP contribution < -0.4 is 5.73 Å². The van der Waals surface area contributed by atoms with E-state index in [0.717, 1.165) is 38.9 Å². The molecule has 1 saturated heterocycles. The van der Waals surface area contributed by atoms with Crippen LogP contribution in [0.1, 0.15) is 39.0 Å². The summed E-state index contributed by atoms with van der Waals surface area (Å²) < 4.78 is 0. The highest BCUT2D eigenvalue weighted by Gasteiger charge is 2.22. The lowest BCUT2D eigenvalue weighted by molar-refractivity contribution is -0.130. The van der Waals surface area contributed by atoms with E-state index in [2.05, 4.69) is 18.9 Å². The van der Waals surface area contributed by atoms with Crippen LogP contribution >= 0.6 is 0 Å². The summed E-state index contributed by atoms with van der Waals surface area (Å²) in [5.41, 5.74) is 5.59. The summed E-state index contributed by atoms with van der Waals surface area (Å²) in [6.07, 6.45) is 5.06. The zero-order chi connectivity index (χ0) is 14.3. The monoisotopic (exact) mass is 269 g/mol. The maximum atomic E-state index is 12.1. The number of carbonyl (C=O) groups excluding carboxylic acids is 1. The number of likely N-dealkylation sites (tertiary alicyclic amines) is 1. The molecule has 0 radical (unpaired) electrons. The zero-order valence-corrected chi connectivity index (χ0v) is 12.9. The van der Waals surface area contributed by atoms with Gasteiger partial charge in [0.2, 0.25) is 5.91 Å². The van der Waals surface area contributed by atoms with Gasteiger partial charge in [0.15, 0.2) is 0 Å². The quantitative estimate of drug-likeness (QED) is 0.727. The number of amides is 1. The molecular weight excluding hydrogens is 238 g/mol. The number of nitrogens with two attached hydrogens (primary N) is 1. The van der Waals surface area contributed by atoms with Crippen LogP contribution in [0.25, 0.3) is 0 Å². The minimum atomic E-state index is 0.296. The third-order valence-corrected chi connectivity index (χ3v) is 4.37. The molecule has 1 fully saturated rings. The minimum absolute atomic E-state index is 0.296. The van der Waals surface area contributed by atoms with Crippen LogP contribution in [0.5, 0.6) is 0 Å². The lowest BCUT2D eigenvalue weighted by atomic mass is 9.96. The van der Waals surface area contributed by atoms with Gasteiger partial charge in [-0.25, -0.2) is 0 Å². The lowest BCUT2D eigenvalue weighted by Crippen LogP contribution is -2.33. The SMILES string of the molecule is CCC(CCN)CCC(=O)N(C)CC1CCN(C)C1. The first-order chi connectivity index (χ1) is 9.06. The smallest absolute Gasteiger partial charge is 0.222 e. The molecule has 0 bridgehead atoms. The van der Waals surface area contributed by atoms with Crippen molar-refractivity contribution in [1.82, 2.24) is 9.80 Å². The summed E-state index contributed by atoms with van der Waals surface area (Å²) >= 11 is 0. The van der Waals surface area contributed by atoms with Crippen LogP contribution in [0, 0.1) is 11.8 Å². The van der Waals surface area contributed by atoms with Crippen LogP contribution in [0.4, 0.5) is 0 Å². The van der Waals surface area contributed by atoms with E-state index >= 15 is 0 Å². The maximum absolute atomic E-state index is 12.1. The Morgan fingerprint density at radius 1 is 1.47 bits per heavy atom. The Morgan fingerprint density at radius 2 is 2.21 bits per heavy atom. The third kappa shape index (κ3) is 5.91. The van der Waals surface area contributed by atoms with E-state index in [1.54, 1.807) is 0 Å². The molecule has 112 valence electrons. The highest BCUT2D eigenvalue weighted by atomic mass is 16.2. The van der Waals surface area contributed by atoms with E-state index in [4.69, 9.17) is 5.73 Å². The van der Waals surface area contributed by atoms with E-state index in [0.29, 0.717) is 24.2 Å². The maximum Gasteiger partial charge on any atom is 0.222 e. The average molecular weight is 269 g/mol. The van der Waals surface area contributed by atoms with Gasteiger partial charge < -0.3 is 15.5 Å². The van der Waals surface area contributed by atoms with Gasteiger partial charge in [0.05, 0.1) is 0 Å². The number of nitrogens with zero attached hydrogens (tertiary/aromatic N) is 2.